The molecule has 0 aliphatic carbocycles. The summed E-state index contributed by atoms with van der Waals surface area (Å²) in [6.07, 6.45) is 0.209. The molecule has 0 bridgehead atoms. The zero-order chi connectivity index (χ0) is 7.40. The normalized spacial score (nSPS) is 29.9. The van der Waals surface area contributed by atoms with E-state index in [1.807, 2.05) is 0 Å². The number of azide groups is 1. The molecule has 0 aromatic carbocycles. The van der Waals surface area contributed by atoms with Crippen LogP contribution in [0, 0.1) is 0 Å². The molecule has 1 aliphatic heterocycles. The SMILES string of the molecule is Cl.[N-]=[N+]=N[C@@H]1CNCC[C@H]1O. The summed E-state index contributed by atoms with van der Waals surface area (Å²) in [5, 5.41) is 15.7. The third kappa shape index (κ3) is 2.95. The summed E-state index contributed by atoms with van der Waals surface area (Å²) in [5.74, 6) is 0. The third-order valence-electron chi connectivity index (χ3n) is 1.61. The molecule has 0 radical (unpaired) electrons. The predicted octanol–water partition coefficient (Wildman–Crippen LogP) is 0.441. The Balaban J connectivity index is 0.000001000. The predicted molar refractivity (Wildman–Crippen MR) is 43.7 cm³/mol. The average molecular weight is 179 g/mol. The van der Waals surface area contributed by atoms with Crippen molar-refractivity contribution in [3.63, 3.8) is 0 Å². The van der Waals surface area contributed by atoms with Crippen molar-refractivity contribution in [2.45, 2.75) is 18.6 Å². The highest BCUT2D eigenvalue weighted by atomic mass is 35.5. The van der Waals surface area contributed by atoms with Crippen LogP contribution in [0.4, 0.5) is 0 Å². The van der Waals surface area contributed by atoms with Gasteiger partial charge in [0.05, 0.1) is 12.1 Å². The zero-order valence-corrected chi connectivity index (χ0v) is 6.79. The van der Waals surface area contributed by atoms with Gasteiger partial charge in [-0.2, -0.15) is 0 Å². The number of aliphatic hydroxyl groups is 1. The van der Waals surface area contributed by atoms with Gasteiger partial charge in [-0.3, -0.25) is 0 Å². The lowest BCUT2D eigenvalue weighted by Gasteiger charge is -2.23. The maximum atomic E-state index is 9.20. The number of hydrogen-bond acceptors (Lipinski definition) is 3. The molecule has 6 heteroatoms. The number of nitrogens with one attached hydrogen (secondary N) is 1. The minimum absolute atomic E-state index is 0. The first-order valence-corrected chi connectivity index (χ1v) is 3.27. The summed E-state index contributed by atoms with van der Waals surface area (Å²) in [5.41, 5.74) is 8.06. The van der Waals surface area contributed by atoms with Crippen molar-refractivity contribution in [2.24, 2.45) is 5.11 Å². The van der Waals surface area contributed by atoms with Crippen molar-refractivity contribution >= 4 is 12.4 Å². The molecule has 11 heavy (non-hydrogen) atoms. The topological polar surface area (TPSA) is 81.0 Å². The van der Waals surface area contributed by atoms with Gasteiger partial charge in [0.15, 0.2) is 0 Å². The highest BCUT2D eigenvalue weighted by Gasteiger charge is 2.20. The van der Waals surface area contributed by atoms with Gasteiger partial charge >= 0.3 is 0 Å². The maximum absolute atomic E-state index is 9.20. The number of rotatable bonds is 1. The fourth-order valence-electron chi connectivity index (χ4n) is 1.01. The molecule has 2 atom stereocenters. The number of hydrogen-bond donors (Lipinski definition) is 2. The average Bonchev–Trinajstić information content (AvgIpc) is 1.94. The van der Waals surface area contributed by atoms with E-state index < -0.39 is 6.10 Å². The number of halogens is 1. The first kappa shape index (κ1) is 10.5. The quantitative estimate of drug-likeness (QED) is 0.347. The molecule has 64 valence electrons. The Morgan fingerprint density at radius 2 is 2.36 bits per heavy atom. The Hall–Kier alpha value is -0.480. The molecule has 2 N–H and O–H groups in total. The van der Waals surface area contributed by atoms with E-state index in [9.17, 15) is 5.11 Å². The van der Waals surface area contributed by atoms with Crippen molar-refractivity contribution in [3.8, 4) is 0 Å². The van der Waals surface area contributed by atoms with Crippen LogP contribution in [0.5, 0.6) is 0 Å². The molecule has 1 aliphatic rings. The van der Waals surface area contributed by atoms with Crippen LogP contribution in [-0.4, -0.2) is 30.3 Å². The Morgan fingerprint density at radius 3 is 2.91 bits per heavy atom. The lowest BCUT2D eigenvalue weighted by atomic mass is 10.1. The summed E-state index contributed by atoms with van der Waals surface area (Å²) in [6.45, 7) is 1.39. The van der Waals surface area contributed by atoms with Gasteiger partial charge in [0, 0.05) is 11.5 Å². The van der Waals surface area contributed by atoms with Gasteiger partial charge in [-0.25, -0.2) is 0 Å². The molecular formula is C5H11ClN4O. The van der Waals surface area contributed by atoms with Gasteiger partial charge in [-0.15, -0.1) is 12.4 Å². The van der Waals surface area contributed by atoms with Crippen molar-refractivity contribution < 1.29 is 5.11 Å². The van der Waals surface area contributed by atoms with Crippen LogP contribution in [0.2, 0.25) is 0 Å². The second-order valence-corrected chi connectivity index (χ2v) is 2.33. The molecule has 1 fully saturated rings. The second-order valence-electron chi connectivity index (χ2n) is 2.33. The van der Waals surface area contributed by atoms with Crippen LogP contribution in [0.3, 0.4) is 0 Å². The minimum Gasteiger partial charge on any atom is -0.393 e. The van der Waals surface area contributed by atoms with E-state index in [1.54, 1.807) is 0 Å². The highest BCUT2D eigenvalue weighted by molar-refractivity contribution is 5.85. The Morgan fingerprint density at radius 1 is 1.64 bits per heavy atom. The van der Waals surface area contributed by atoms with E-state index in [0.29, 0.717) is 13.0 Å². The number of nitrogens with zero attached hydrogens (tertiary/aromatic N) is 3. The minimum atomic E-state index is -0.461. The van der Waals surface area contributed by atoms with Crippen molar-refractivity contribution in [2.75, 3.05) is 13.1 Å². The standard InChI is InChI=1S/C5H10N4O.ClH/c6-9-8-4-3-7-2-1-5(4)10;/h4-5,7,10H,1-3H2;1H/t4-,5-;/m1./s1. The van der Waals surface area contributed by atoms with Crippen LogP contribution >= 0.6 is 12.4 Å². The van der Waals surface area contributed by atoms with Crippen molar-refractivity contribution in [1.29, 1.82) is 0 Å². The van der Waals surface area contributed by atoms with Gasteiger partial charge in [0.1, 0.15) is 0 Å². The summed E-state index contributed by atoms with van der Waals surface area (Å²) >= 11 is 0. The van der Waals surface area contributed by atoms with Gasteiger partial charge in [0.25, 0.3) is 0 Å². The zero-order valence-electron chi connectivity index (χ0n) is 5.97. The first-order valence-electron chi connectivity index (χ1n) is 3.27. The van der Waals surface area contributed by atoms with Crippen LogP contribution < -0.4 is 5.32 Å². The molecule has 5 nitrogen and oxygen atoms in total. The maximum Gasteiger partial charge on any atom is 0.0758 e. The van der Waals surface area contributed by atoms with Crippen molar-refractivity contribution in [3.05, 3.63) is 10.4 Å². The van der Waals surface area contributed by atoms with Crippen molar-refractivity contribution in [1.82, 2.24) is 5.32 Å². The largest absolute Gasteiger partial charge is 0.393 e. The molecule has 0 aromatic heterocycles. The van der Waals surface area contributed by atoms with Gasteiger partial charge in [0.2, 0.25) is 0 Å². The van der Waals surface area contributed by atoms with E-state index in [0.717, 1.165) is 6.54 Å². The third-order valence-corrected chi connectivity index (χ3v) is 1.61. The van der Waals surface area contributed by atoms with Crippen LogP contribution in [0.25, 0.3) is 10.4 Å². The summed E-state index contributed by atoms with van der Waals surface area (Å²) in [4.78, 5) is 2.63. The molecule has 1 rings (SSSR count). The summed E-state index contributed by atoms with van der Waals surface area (Å²) in [7, 11) is 0. The van der Waals surface area contributed by atoms with E-state index in [2.05, 4.69) is 15.3 Å². The monoisotopic (exact) mass is 178 g/mol. The van der Waals surface area contributed by atoms with Crippen LogP contribution in [0.15, 0.2) is 5.11 Å². The van der Waals surface area contributed by atoms with E-state index in [-0.39, 0.29) is 18.4 Å². The molecule has 0 saturated carbocycles. The van der Waals surface area contributed by atoms with Gasteiger partial charge < -0.3 is 10.4 Å². The molecule has 0 unspecified atom stereocenters. The van der Waals surface area contributed by atoms with Crippen LogP contribution in [-0.2, 0) is 0 Å². The molecule has 1 heterocycles. The van der Waals surface area contributed by atoms with E-state index >= 15 is 0 Å². The fraction of sp³-hybridized carbons (Fsp3) is 1.00. The summed E-state index contributed by atoms with van der Waals surface area (Å²) in [6, 6.07) is -0.279. The van der Waals surface area contributed by atoms with Gasteiger partial charge in [-0.1, -0.05) is 5.11 Å². The number of aliphatic hydroxyl groups excluding tert-OH is 1. The highest BCUT2D eigenvalue weighted by Crippen LogP contribution is 2.06. The number of piperidine rings is 1. The molecule has 1 saturated heterocycles. The lowest BCUT2D eigenvalue weighted by molar-refractivity contribution is 0.116. The van der Waals surface area contributed by atoms with Crippen LogP contribution in [0.1, 0.15) is 6.42 Å². The molecular weight excluding hydrogens is 168 g/mol. The Labute approximate surface area is 70.8 Å². The molecule has 0 aromatic rings. The molecule has 0 amide bonds. The second kappa shape index (κ2) is 5.21. The summed E-state index contributed by atoms with van der Waals surface area (Å²) < 4.78 is 0. The van der Waals surface area contributed by atoms with E-state index in [1.165, 1.54) is 0 Å². The first-order chi connectivity index (χ1) is 4.84. The van der Waals surface area contributed by atoms with Gasteiger partial charge in [-0.05, 0) is 18.5 Å². The van der Waals surface area contributed by atoms with E-state index in [4.69, 9.17) is 5.53 Å². The fourth-order valence-corrected chi connectivity index (χ4v) is 1.01. The Kier molecular flexibility index (Phi) is 4.98. The molecule has 0 spiro atoms. The Bertz CT molecular complexity index is 159. The smallest absolute Gasteiger partial charge is 0.0758 e. The lowest BCUT2D eigenvalue weighted by Crippen LogP contribution is -2.42.